The Balaban J connectivity index is 1.96. The average Bonchev–Trinajstić information content (AvgIpc) is 2.67. The van der Waals surface area contributed by atoms with Crippen LogP contribution in [0.5, 0.6) is 0 Å². The summed E-state index contributed by atoms with van der Waals surface area (Å²) < 4.78 is 0. The molecular formula is C14H15ClN2O. The lowest BCUT2D eigenvalue weighted by atomic mass is 9.90. The van der Waals surface area contributed by atoms with Crippen molar-refractivity contribution in [2.75, 3.05) is 0 Å². The lowest BCUT2D eigenvalue weighted by Gasteiger charge is -2.30. The van der Waals surface area contributed by atoms with Crippen molar-refractivity contribution < 1.29 is 4.79 Å². The highest BCUT2D eigenvalue weighted by Gasteiger charge is 2.40. The second kappa shape index (κ2) is 4.39. The highest BCUT2D eigenvalue weighted by atomic mass is 35.5. The first-order valence-electron chi connectivity index (χ1n) is 6.37. The summed E-state index contributed by atoms with van der Waals surface area (Å²) in [6.45, 7) is 0. The second-order valence-electron chi connectivity index (χ2n) is 5.02. The van der Waals surface area contributed by atoms with Crippen molar-refractivity contribution in [3.63, 3.8) is 0 Å². The normalized spacial score (nSPS) is 21.8. The minimum atomic E-state index is -0.340. The quantitative estimate of drug-likeness (QED) is 0.831. The van der Waals surface area contributed by atoms with Gasteiger partial charge < -0.3 is 5.32 Å². The molecule has 0 bridgehead atoms. The van der Waals surface area contributed by atoms with E-state index in [1.165, 1.54) is 6.42 Å². The third kappa shape index (κ3) is 2.03. The summed E-state index contributed by atoms with van der Waals surface area (Å²) in [4.78, 5) is 16.7. The standard InChI is InChI=1S/C14H15ClN2O/c15-11-6-4-5-10(9-11)12-13(18)17-14(16-12)7-2-1-3-8-14/h4-6,9H,1-3,7-8H2,(H,17,18). The van der Waals surface area contributed by atoms with Gasteiger partial charge in [-0.1, -0.05) is 30.2 Å². The number of hydrogen-bond acceptors (Lipinski definition) is 2. The van der Waals surface area contributed by atoms with Gasteiger partial charge in [-0.15, -0.1) is 0 Å². The molecule has 0 aromatic heterocycles. The molecule has 1 aromatic rings. The monoisotopic (exact) mass is 262 g/mol. The van der Waals surface area contributed by atoms with Crippen LogP contribution in [0.3, 0.4) is 0 Å². The Morgan fingerprint density at radius 3 is 2.72 bits per heavy atom. The first kappa shape index (κ1) is 11.7. The predicted octanol–water partition coefficient (Wildman–Crippen LogP) is 2.92. The molecule has 4 heteroatoms. The van der Waals surface area contributed by atoms with Gasteiger partial charge in [-0.2, -0.15) is 0 Å². The fraction of sp³-hybridized carbons (Fsp3) is 0.429. The smallest absolute Gasteiger partial charge is 0.272 e. The molecule has 1 aromatic carbocycles. The van der Waals surface area contributed by atoms with Crippen LogP contribution in [0.2, 0.25) is 5.02 Å². The fourth-order valence-corrected chi connectivity index (χ4v) is 2.96. The molecule has 0 radical (unpaired) electrons. The summed E-state index contributed by atoms with van der Waals surface area (Å²) in [5.41, 5.74) is 0.995. The average molecular weight is 263 g/mol. The number of amides is 1. The predicted molar refractivity (Wildman–Crippen MR) is 71.9 cm³/mol. The molecule has 1 aliphatic heterocycles. The van der Waals surface area contributed by atoms with E-state index < -0.39 is 0 Å². The molecule has 1 aliphatic carbocycles. The molecule has 2 aliphatic rings. The third-order valence-electron chi connectivity index (χ3n) is 3.67. The van der Waals surface area contributed by atoms with Crippen LogP contribution in [0.4, 0.5) is 0 Å². The zero-order valence-corrected chi connectivity index (χ0v) is 10.8. The Hall–Kier alpha value is -1.35. The molecule has 1 N–H and O–H groups in total. The maximum Gasteiger partial charge on any atom is 0.272 e. The zero-order valence-electron chi connectivity index (χ0n) is 10.1. The second-order valence-corrected chi connectivity index (χ2v) is 5.45. The number of halogens is 1. The fourth-order valence-electron chi connectivity index (χ4n) is 2.77. The number of nitrogens with zero attached hydrogens (tertiary/aromatic N) is 1. The van der Waals surface area contributed by atoms with Crippen LogP contribution in [0.1, 0.15) is 37.7 Å². The van der Waals surface area contributed by atoms with Crippen molar-refractivity contribution in [2.24, 2.45) is 4.99 Å². The topological polar surface area (TPSA) is 41.5 Å². The Bertz CT molecular complexity index is 518. The summed E-state index contributed by atoms with van der Waals surface area (Å²) in [6.07, 6.45) is 5.39. The summed E-state index contributed by atoms with van der Waals surface area (Å²) >= 11 is 5.96. The number of rotatable bonds is 1. The van der Waals surface area contributed by atoms with Crippen molar-refractivity contribution in [1.82, 2.24) is 5.32 Å². The number of nitrogens with one attached hydrogen (secondary N) is 1. The lowest BCUT2D eigenvalue weighted by Crippen LogP contribution is -2.43. The van der Waals surface area contributed by atoms with Crippen LogP contribution >= 0.6 is 11.6 Å². The number of carbonyl (C=O) groups is 1. The van der Waals surface area contributed by atoms with Gasteiger partial charge in [0.2, 0.25) is 0 Å². The summed E-state index contributed by atoms with van der Waals surface area (Å²) in [5, 5.41) is 3.68. The molecule has 1 heterocycles. The molecule has 3 nitrogen and oxygen atoms in total. The summed E-state index contributed by atoms with van der Waals surface area (Å²) in [5.74, 6) is -0.0702. The maximum absolute atomic E-state index is 12.1. The minimum Gasteiger partial charge on any atom is -0.326 e. The Morgan fingerprint density at radius 2 is 2.00 bits per heavy atom. The molecule has 1 amide bonds. The molecule has 0 atom stereocenters. The van der Waals surface area contributed by atoms with Crippen LogP contribution in [-0.4, -0.2) is 17.3 Å². The maximum atomic E-state index is 12.1. The van der Waals surface area contributed by atoms with Crippen LogP contribution < -0.4 is 5.32 Å². The van der Waals surface area contributed by atoms with E-state index in [1.807, 2.05) is 12.1 Å². The van der Waals surface area contributed by atoms with E-state index in [4.69, 9.17) is 11.6 Å². The van der Waals surface area contributed by atoms with Crippen molar-refractivity contribution in [3.8, 4) is 0 Å². The van der Waals surface area contributed by atoms with Crippen molar-refractivity contribution in [2.45, 2.75) is 37.8 Å². The van der Waals surface area contributed by atoms with E-state index in [0.29, 0.717) is 10.7 Å². The number of carbonyl (C=O) groups excluding carboxylic acids is 1. The number of hydrogen-bond donors (Lipinski definition) is 1. The van der Waals surface area contributed by atoms with E-state index in [2.05, 4.69) is 10.3 Å². The Morgan fingerprint density at radius 1 is 1.22 bits per heavy atom. The minimum absolute atomic E-state index is 0.0702. The van der Waals surface area contributed by atoms with Gasteiger partial charge in [0.25, 0.3) is 5.91 Å². The van der Waals surface area contributed by atoms with E-state index in [1.54, 1.807) is 12.1 Å². The van der Waals surface area contributed by atoms with Crippen LogP contribution in [0.15, 0.2) is 29.3 Å². The van der Waals surface area contributed by atoms with E-state index in [9.17, 15) is 4.79 Å². The lowest BCUT2D eigenvalue weighted by molar-refractivity contribution is -0.115. The SMILES string of the molecule is O=C1NC2(CCCCC2)N=C1c1cccc(Cl)c1. The van der Waals surface area contributed by atoms with Crippen molar-refractivity contribution >= 4 is 23.2 Å². The van der Waals surface area contributed by atoms with Gasteiger partial charge in [-0.05, 0) is 37.8 Å². The van der Waals surface area contributed by atoms with Gasteiger partial charge in [0.15, 0.2) is 0 Å². The molecule has 3 rings (SSSR count). The van der Waals surface area contributed by atoms with Gasteiger partial charge in [0, 0.05) is 10.6 Å². The van der Waals surface area contributed by atoms with Crippen LogP contribution in [-0.2, 0) is 4.79 Å². The molecule has 0 unspecified atom stereocenters. The zero-order chi connectivity index (χ0) is 12.6. The van der Waals surface area contributed by atoms with Crippen LogP contribution in [0, 0.1) is 0 Å². The Kier molecular flexibility index (Phi) is 2.86. The third-order valence-corrected chi connectivity index (χ3v) is 3.90. The van der Waals surface area contributed by atoms with Crippen molar-refractivity contribution in [1.29, 1.82) is 0 Å². The first-order chi connectivity index (χ1) is 8.69. The molecule has 18 heavy (non-hydrogen) atoms. The molecule has 0 saturated heterocycles. The van der Waals surface area contributed by atoms with E-state index in [-0.39, 0.29) is 11.6 Å². The highest BCUT2D eigenvalue weighted by Crippen LogP contribution is 2.33. The van der Waals surface area contributed by atoms with Crippen molar-refractivity contribution in [3.05, 3.63) is 34.9 Å². The Labute approximate surface area is 111 Å². The van der Waals surface area contributed by atoms with Crippen LogP contribution in [0.25, 0.3) is 0 Å². The van der Waals surface area contributed by atoms with Gasteiger partial charge in [-0.25, -0.2) is 0 Å². The van der Waals surface area contributed by atoms with Gasteiger partial charge in [-0.3, -0.25) is 9.79 Å². The number of aliphatic imine (C=N–C) groups is 1. The molecule has 1 fully saturated rings. The van der Waals surface area contributed by atoms with E-state index in [0.717, 1.165) is 31.2 Å². The van der Waals surface area contributed by atoms with Gasteiger partial charge in [0.1, 0.15) is 11.4 Å². The highest BCUT2D eigenvalue weighted by molar-refractivity contribution is 6.47. The molecule has 94 valence electrons. The summed E-state index contributed by atoms with van der Waals surface area (Å²) in [6, 6.07) is 7.32. The number of benzene rings is 1. The molecule has 1 saturated carbocycles. The molecule has 1 spiro atoms. The molecular weight excluding hydrogens is 248 g/mol. The summed E-state index contributed by atoms with van der Waals surface area (Å²) in [7, 11) is 0. The largest absolute Gasteiger partial charge is 0.326 e. The van der Waals surface area contributed by atoms with Gasteiger partial charge >= 0.3 is 0 Å². The van der Waals surface area contributed by atoms with Gasteiger partial charge in [0.05, 0.1) is 0 Å². The first-order valence-corrected chi connectivity index (χ1v) is 6.75. The van der Waals surface area contributed by atoms with E-state index >= 15 is 0 Å².